The Morgan fingerprint density at radius 2 is 2.33 bits per heavy atom. The van der Waals surface area contributed by atoms with Crippen molar-refractivity contribution in [1.82, 2.24) is 20.2 Å². The number of aromatic nitrogens is 2. The van der Waals surface area contributed by atoms with Gasteiger partial charge >= 0.3 is 0 Å². The van der Waals surface area contributed by atoms with Gasteiger partial charge in [0.1, 0.15) is 23.7 Å². The molecule has 0 radical (unpaired) electrons. The lowest BCUT2D eigenvalue weighted by atomic mass is 10.0. The number of benzene rings is 1. The van der Waals surface area contributed by atoms with Gasteiger partial charge in [-0.15, -0.1) is 0 Å². The predicted molar refractivity (Wildman–Crippen MR) is 88.8 cm³/mol. The van der Waals surface area contributed by atoms with Gasteiger partial charge in [-0.25, -0.2) is 4.98 Å². The van der Waals surface area contributed by atoms with E-state index in [1.54, 1.807) is 13.3 Å². The topological polar surface area (TPSA) is 77.4 Å². The summed E-state index contributed by atoms with van der Waals surface area (Å²) in [6.07, 6.45) is 3.06. The number of hydrogen-bond donors (Lipinski definition) is 2. The SMILES string of the molecule is COc1ccccc1C(NC(=O)C1CNCCO1)c1nccn1C. The average Bonchev–Trinajstić information content (AvgIpc) is 3.06. The molecule has 0 spiro atoms. The van der Waals surface area contributed by atoms with Gasteiger partial charge in [0.25, 0.3) is 5.91 Å². The van der Waals surface area contributed by atoms with Crippen molar-refractivity contribution in [2.75, 3.05) is 26.8 Å². The molecule has 0 saturated carbocycles. The molecule has 2 N–H and O–H groups in total. The van der Waals surface area contributed by atoms with Gasteiger partial charge in [0.15, 0.2) is 0 Å². The lowest BCUT2D eigenvalue weighted by Gasteiger charge is -2.26. The number of hydrogen-bond acceptors (Lipinski definition) is 5. The van der Waals surface area contributed by atoms with E-state index in [-0.39, 0.29) is 5.91 Å². The molecule has 1 amide bonds. The molecule has 1 aliphatic heterocycles. The van der Waals surface area contributed by atoms with Crippen molar-refractivity contribution in [3.8, 4) is 5.75 Å². The van der Waals surface area contributed by atoms with Crippen LogP contribution in [0.5, 0.6) is 5.75 Å². The summed E-state index contributed by atoms with van der Waals surface area (Å²) in [6.45, 7) is 1.80. The van der Waals surface area contributed by atoms with Crippen LogP contribution in [0.25, 0.3) is 0 Å². The number of carbonyl (C=O) groups is 1. The normalized spacial score (nSPS) is 18.8. The summed E-state index contributed by atoms with van der Waals surface area (Å²) in [4.78, 5) is 17.0. The van der Waals surface area contributed by atoms with Gasteiger partial charge < -0.3 is 24.7 Å². The Kier molecular flexibility index (Phi) is 5.12. The van der Waals surface area contributed by atoms with Crippen molar-refractivity contribution in [2.24, 2.45) is 7.05 Å². The Balaban J connectivity index is 1.91. The fraction of sp³-hybridized carbons (Fsp3) is 0.412. The second-order valence-corrected chi connectivity index (χ2v) is 5.64. The van der Waals surface area contributed by atoms with Crippen molar-refractivity contribution in [3.05, 3.63) is 48.0 Å². The first-order valence-electron chi connectivity index (χ1n) is 7.93. The van der Waals surface area contributed by atoms with E-state index in [0.29, 0.717) is 18.9 Å². The molecule has 2 unspecified atom stereocenters. The zero-order valence-corrected chi connectivity index (χ0v) is 13.9. The predicted octanol–water partition coefficient (Wildman–Crippen LogP) is 0.623. The number of morpholine rings is 1. The first-order chi connectivity index (χ1) is 11.7. The lowest BCUT2D eigenvalue weighted by molar-refractivity contribution is -0.134. The van der Waals surface area contributed by atoms with Gasteiger partial charge in [-0.1, -0.05) is 18.2 Å². The van der Waals surface area contributed by atoms with E-state index in [0.717, 1.165) is 17.9 Å². The fourth-order valence-corrected chi connectivity index (χ4v) is 2.81. The standard InChI is InChI=1S/C17H22N4O3/c1-21-9-7-19-16(21)15(12-5-3-4-6-13(12)23-2)20-17(22)14-11-18-8-10-24-14/h3-7,9,14-15,18H,8,10-11H2,1-2H3,(H,20,22). The minimum atomic E-state index is -0.503. The molecule has 1 saturated heterocycles. The number of imidazole rings is 1. The number of nitrogens with one attached hydrogen (secondary N) is 2. The van der Waals surface area contributed by atoms with Crippen LogP contribution < -0.4 is 15.4 Å². The maximum absolute atomic E-state index is 12.6. The summed E-state index contributed by atoms with van der Waals surface area (Å²) in [6, 6.07) is 7.19. The van der Waals surface area contributed by atoms with Crippen molar-refractivity contribution in [1.29, 1.82) is 0 Å². The Labute approximate surface area is 141 Å². The van der Waals surface area contributed by atoms with E-state index < -0.39 is 12.1 Å². The molecule has 24 heavy (non-hydrogen) atoms. The lowest BCUT2D eigenvalue weighted by Crippen LogP contribution is -2.49. The smallest absolute Gasteiger partial charge is 0.251 e. The molecule has 0 aliphatic carbocycles. The van der Waals surface area contributed by atoms with Crippen molar-refractivity contribution >= 4 is 5.91 Å². The van der Waals surface area contributed by atoms with E-state index >= 15 is 0 Å². The Bertz CT molecular complexity index is 695. The quantitative estimate of drug-likeness (QED) is 0.840. The molecule has 2 aromatic rings. The molecule has 7 heteroatoms. The molecule has 128 valence electrons. The van der Waals surface area contributed by atoms with Gasteiger partial charge in [-0.2, -0.15) is 0 Å². The summed E-state index contributed by atoms with van der Waals surface area (Å²) in [5.41, 5.74) is 0.853. The molecule has 1 aliphatic rings. The molecular formula is C17H22N4O3. The van der Waals surface area contributed by atoms with E-state index in [1.807, 2.05) is 42.1 Å². The highest BCUT2D eigenvalue weighted by molar-refractivity contribution is 5.82. The van der Waals surface area contributed by atoms with Crippen LogP contribution in [0.15, 0.2) is 36.7 Å². The number of nitrogens with zero attached hydrogens (tertiary/aromatic N) is 2. The van der Waals surface area contributed by atoms with E-state index in [2.05, 4.69) is 15.6 Å². The maximum Gasteiger partial charge on any atom is 0.251 e. The monoisotopic (exact) mass is 330 g/mol. The van der Waals surface area contributed by atoms with Crippen LogP contribution >= 0.6 is 0 Å². The second-order valence-electron chi connectivity index (χ2n) is 5.64. The van der Waals surface area contributed by atoms with Gasteiger partial charge in [-0.05, 0) is 6.07 Å². The van der Waals surface area contributed by atoms with Gasteiger partial charge in [0, 0.05) is 38.1 Å². The maximum atomic E-state index is 12.6. The van der Waals surface area contributed by atoms with Crippen LogP contribution in [-0.2, 0) is 16.6 Å². The van der Waals surface area contributed by atoms with Crippen molar-refractivity contribution in [3.63, 3.8) is 0 Å². The number of amides is 1. The number of methoxy groups -OCH3 is 1. The van der Waals surface area contributed by atoms with Gasteiger partial charge in [-0.3, -0.25) is 4.79 Å². The molecule has 1 aromatic carbocycles. The van der Waals surface area contributed by atoms with E-state index in [9.17, 15) is 4.79 Å². The minimum Gasteiger partial charge on any atom is -0.496 e. The molecular weight excluding hydrogens is 308 g/mol. The second kappa shape index (κ2) is 7.46. The van der Waals surface area contributed by atoms with Crippen LogP contribution in [0.2, 0.25) is 0 Å². The third-order valence-corrected chi connectivity index (χ3v) is 4.07. The van der Waals surface area contributed by atoms with Crippen molar-refractivity contribution in [2.45, 2.75) is 12.1 Å². The first-order valence-corrected chi connectivity index (χ1v) is 7.93. The Morgan fingerprint density at radius 1 is 1.50 bits per heavy atom. The number of ether oxygens (including phenoxy) is 2. The number of rotatable bonds is 5. The average molecular weight is 330 g/mol. The van der Waals surface area contributed by atoms with Crippen molar-refractivity contribution < 1.29 is 14.3 Å². The number of para-hydroxylation sites is 1. The summed E-state index contributed by atoms with van der Waals surface area (Å²) < 4.78 is 12.9. The molecule has 1 aromatic heterocycles. The largest absolute Gasteiger partial charge is 0.496 e. The highest BCUT2D eigenvalue weighted by Crippen LogP contribution is 2.29. The highest BCUT2D eigenvalue weighted by Gasteiger charge is 2.28. The molecule has 7 nitrogen and oxygen atoms in total. The number of carbonyl (C=O) groups excluding carboxylic acids is 1. The fourth-order valence-electron chi connectivity index (χ4n) is 2.81. The Hall–Kier alpha value is -2.38. The first kappa shape index (κ1) is 16.5. The van der Waals surface area contributed by atoms with Crippen LogP contribution in [0.4, 0.5) is 0 Å². The number of aryl methyl sites for hydroxylation is 1. The summed E-state index contributed by atoms with van der Waals surface area (Å²) in [5, 5.41) is 6.22. The van der Waals surface area contributed by atoms with Crippen LogP contribution in [0.3, 0.4) is 0 Å². The molecule has 0 bridgehead atoms. The van der Waals surface area contributed by atoms with E-state index in [4.69, 9.17) is 9.47 Å². The minimum absolute atomic E-state index is 0.166. The third kappa shape index (κ3) is 3.42. The zero-order chi connectivity index (χ0) is 16.9. The summed E-state index contributed by atoms with van der Waals surface area (Å²) in [7, 11) is 3.51. The van der Waals surface area contributed by atoms with Crippen LogP contribution in [0, 0.1) is 0 Å². The van der Waals surface area contributed by atoms with Crippen LogP contribution in [0.1, 0.15) is 17.4 Å². The van der Waals surface area contributed by atoms with E-state index in [1.165, 1.54) is 0 Å². The van der Waals surface area contributed by atoms with Gasteiger partial charge in [0.2, 0.25) is 0 Å². The molecule has 1 fully saturated rings. The Morgan fingerprint density at radius 3 is 3.00 bits per heavy atom. The summed E-state index contributed by atoms with van der Waals surface area (Å²) in [5.74, 6) is 1.27. The molecule has 3 rings (SSSR count). The highest BCUT2D eigenvalue weighted by atomic mass is 16.5. The molecule has 2 atom stereocenters. The molecule has 2 heterocycles. The zero-order valence-electron chi connectivity index (χ0n) is 13.9. The summed E-state index contributed by atoms with van der Waals surface area (Å²) >= 11 is 0. The van der Waals surface area contributed by atoms with Crippen LogP contribution in [-0.4, -0.2) is 48.4 Å². The van der Waals surface area contributed by atoms with Gasteiger partial charge in [0.05, 0.1) is 13.7 Å². The third-order valence-electron chi connectivity index (χ3n) is 4.07.